The number of carbonyl (C=O) groups is 1. The van der Waals surface area contributed by atoms with Crippen molar-refractivity contribution >= 4 is 30.1 Å². The molecule has 0 spiro atoms. The zero-order valence-corrected chi connectivity index (χ0v) is 16.2. The maximum atomic E-state index is 13.1. The lowest BCUT2D eigenvalue weighted by atomic mass is 10.0. The van der Waals surface area contributed by atoms with Crippen LogP contribution in [0.15, 0.2) is 65.6 Å². The quantitative estimate of drug-likeness (QED) is 0.404. The molecule has 0 fully saturated rings. The van der Waals surface area contributed by atoms with E-state index < -0.39 is 5.78 Å². The number of aromatic nitrogens is 3. The summed E-state index contributed by atoms with van der Waals surface area (Å²) in [7, 11) is 5.80. The van der Waals surface area contributed by atoms with E-state index in [4.69, 9.17) is 7.85 Å². The Labute approximate surface area is 169 Å². The molecule has 3 aromatic heterocycles. The van der Waals surface area contributed by atoms with Gasteiger partial charge in [0.05, 0.1) is 23.3 Å². The van der Waals surface area contributed by atoms with E-state index in [0.29, 0.717) is 17.5 Å². The first-order valence-electron chi connectivity index (χ1n) is 9.26. The number of fused-ring (bicyclic) bond motifs is 1. The Balaban J connectivity index is 1.88. The van der Waals surface area contributed by atoms with Crippen LogP contribution in [-0.4, -0.2) is 28.2 Å². The lowest BCUT2D eigenvalue weighted by Crippen LogP contribution is -2.21. The lowest BCUT2D eigenvalue weighted by molar-refractivity contribution is 0.103. The summed E-state index contributed by atoms with van der Waals surface area (Å²) in [5.74, 6) is -0.391. The van der Waals surface area contributed by atoms with Gasteiger partial charge in [-0.05, 0) is 49.3 Å². The van der Waals surface area contributed by atoms with Gasteiger partial charge in [0.2, 0.25) is 11.2 Å². The number of nitrogens with zero attached hydrogens (tertiary/aromatic N) is 3. The van der Waals surface area contributed by atoms with Crippen molar-refractivity contribution < 1.29 is 4.79 Å². The first-order valence-corrected chi connectivity index (χ1v) is 9.26. The van der Waals surface area contributed by atoms with Crippen molar-refractivity contribution in [1.82, 2.24) is 14.5 Å². The third kappa shape index (κ3) is 3.61. The molecule has 2 radical (unpaired) electrons. The van der Waals surface area contributed by atoms with E-state index in [1.807, 2.05) is 48.7 Å². The molecule has 0 saturated carbocycles. The molecule has 0 atom stereocenters. The van der Waals surface area contributed by atoms with E-state index in [-0.39, 0.29) is 16.7 Å². The number of carbonyl (C=O) groups excluding carboxylic acids is 1. The fourth-order valence-corrected chi connectivity index (χ4v) is 3.29. The second kappa shape index (κ2) is 7.47. The molecule has 0 unspecified atom stereocenters. The van der Waals surface area contributed by atoms with Crippen LogP contribution in [-0.2, 0) is 6.54 Å². The number of ketones is 1. The molecule has 4 aromatic rings. The average Bonchev–Trinajstić information content (AvgIpc) is 2.72. The largest absolute Gasteiger partial charge is 0.340 e. The minimum absolute atomic E-state index is 0.0864. The van der Waals surface area contributed by atoms with Crippen molar-refractivity contribution in [3.63, 3.8) is 0 Å². The van der Waals surface area contributed by atoms with Gasteiger partial charge < -0.3 is 4.57 Å². The summed E-state index contributed by atoms with van der Waals surface area (Å²) in [5.41, 5.74) is 3.68. The van der Waals surface area contributed by atoms with Crippen LogP contribution in [0.4, 0.5) is 0 Å². The highest BCUT2D eigenvalue weighted by Gasteiger charge is 2.19. The molecule has 0 bridgehead atoms. The third-order valence-corrected chi connectivity index (χ3v) is 4.98. The summed E-state index contributed by atoms with van der Waals surface area (Å²) in [6.07, 6.45) is 1.59. The summed E-state index contributed by atoms with van der Waals surface area (Å²) in [5, 5.41) is 0.478. The van der Waals surface area contributed by atoms with E-state index in [9.17, 15) is 9.59 Å². The molecule has 1 aromatic carbocycles. The summed E-state index contributed by atoms with van der Waals surface area (Å²) in [6, 6.07) is 16.1. The standard InChI is InChI=1S/C23H18BN3O2/c1-14-10-11-19(25-15(14)2)23(29)18-13-27(12-16-6-5-9-21(24)26-16)20-8-4-3-7-17(20)22(18)28/h3-11,13H,12H2,1-2H3. The van der Waals surface area contributed by atoms with Gasteiger partial charge in [-0.2, -0.15) is 0 Å². The van der Waals surface area contributed by atoms with Crippen molar-refractivity contribution in [2.45, 2.75) is 20.4 Å². The Morgan fingerprint density at radius 1 is 1.00 bits per heavy atom. The first-order chi connectivity index (χ1) is 13.9. The lowest BCUT2D eigenvalue weighted by Gasteiger charge is -2.13. The van der Waals surface area contributed by atoms with Crippen LogP contribution < -0.4 is 11.0 Å². The number of hydrogen-bond donors (Lipinski definition) is 0. The highest BCUT2D eigenvalue weighted by molar-refractivity contribution is 6.30. The fourth-order valence-electron chi connectivity index (χ4n) is 3.29. The van der Waals surface area contributed by atoms with Gasteiger partial charge in [-0.1, -0.05) is 30.3 Å². The Bertz CT molecular complexity index is 1310. The smallest absolute Gasteiger partial charge is 0.216 e. The number of pyridine rings is 3. The van der Waals surface area contributed by atoms with Crippen LogP contribution in [0.3, 0.4) is 0 Å². The number of hydrogen-bond acceptors (Lipinski definition) is 4. The van der Waals surface area contributed by atoms with Gasteiger partial charge >= 0.3 is 0 Å². The predicted molar refractivity (Wildman–Crippen MR) is 114 cm³/mol. The molecule has 0 aliphatic heterocycles. The maximum Gasteiger partial charge on any atom is 0.216 e. The van der Waals surface area contributed by atoms with E-state index in [1.165, 1.54) is 0 Å². The van der Waals surface area contributed by atoms with E-state index >= 15 is 0 Å². The Morgan fingerprint density at radius 2 is 1.79 bits per heavy atom. The molecule has 0 aliphatic rings. The Morgan fingerprint density at radius 3 is 2.55 bits per heavy atom. The molecule has 4 rings (SSSR count). The number of aryl methyl sites for hydroxylation is 2. The Kier molecular flexibility index (Phi) is 4.85. The molecule has 29 heavy (non-hydrogen) atoms. The number of benzene rings is 1. The second-order valence-electron chi connectivity index (χ2n) is 7.00. The summed E-state index contributed by atoms with van der Waals surface area (Å²) in [4.78, 5) is 34.9. The predicted octanol–water partition coefficient (Wildman–Crippen LogP) is 2.48. The minimum Gasteiger partial charge on any atom is -0.340 e. The molecule has 0 N–H and O–H groups in total. The van der Waals surface area contributed by atoms with Crippen molar-refractivity contribution in [1.29, 1.82) is 0 Å². The fraction of sp³-hybridized carbons (Fsp3) is 0.130. The van der Waals surface area contributed by atoms with Crippen LogP contribution in [0.2, 0.25) is 0 Å². The van der Waals surface area contributed by atoms with Gasteiger partial charge in [0.25, 0.3) is 0 Å². The van der Waals surface area contributed by atoms with Crippen LogP contribution >= 0.6 is 0 Å². The summed E-state index contributed by atoms with van der Waals surface area (Å²) < 4.78 is 1.85. The maximum absolute atomic E-state index is 13.1. The average molecular weight is 379 g/mol. The van der Waals surface area contributed by atoms with Crippen molar-refractivity contribution in [2.75, 3.05) is 0 Å². The van der Waals surface area contributed by atoms with Gasteiger partial charge in [-0.25, -0.2) is 4.98 Å². The molecular formula is C23H18BN3O2. The summed E-state index contributed by atoms with van der Waals surface area (Å²) >= 11 is 0. The zero-order valence-electron chi connectivity index (χ0n) is 16.2. The van der Waals surface area contributed by atoms with Crippen molar-refractivity contribution in [2.24, 2.45) is 0 Å². The van der Waals surface area contributed by atoms with Crippen LogP contribution in [0.1, 0.15) is 33.0 Å². The van der Waals surface area contributed by atoms with E-state index in [2.05, 4.69) is 9.97 Å². The normalized spacial score (nSPS) is 11.0. The highest BCUT2D eigenvalue weighted by Crippen LogP contribution is 2.16. The van der Waals surface area contributed by atoms with Crippen molar-refractivity contribution in [3.05, 3.63) is 99.2 Å². The summed E-state index contributed by atoms with van der Waals surface area (Å²) in [6.45, 7) is 4.15. The Hall–Kier alpha value is -3.54. The van der Waals surface area contributed by atoms with Crippen molar-refractivity contribution in [3.8, 4) is 0 Å². The van der Waals surface area contributed by atoms with Gasteiger partial charge in [0.1, 0.15) is 13.5 Å². The molecular weight excluding hydrogens is 361 g/mol. The highest BCUT2D eigenvalue weighted by atomic mass is 16.1. The second-order valence-corrected chi connectivity index (χ2v) is 7.00. The van der Waals surface area contributed by atoms with Crippen LogP contribution in [0, 0.1) is 13.8 Å². The molecule has 0 saturated heterocycles. The topological polar surface area (TPSA) is 64.8 Å². The molecule has 5 nitrogen and oxygen atoms in total. The van der Waals surface area contributed by atoms with E-state index in [0.717, 1.165) is 22.5 Å². The van der Waals surface area contributed by atoms with Crippen LogP contribution in [0.5, 0.6) is 0 Å². The minimum atomic E-state index is -0.391. The molecule has 6 heteroatoms. The van der Waals surface area contributed by atoms with Gasteiger partial charge in [-0.3, -0.25) is 14.6 Å². The van der Waals surface area contributed by atoms with Gasteiger partial charge in [0, 0.05) is 17.3 Å². The monoisotopic (exact) mass is 379 g/mol. The first kappa shape index (κ1) is 18.8. The van der Waals surface area contributed by atoms with E-state index in [1.54, 1.807) is 30.5 Å². The number of para-hydroxylation sites is 1. The van der Waals surface area contributed by atoms with Gasteiger partial charge in [-0.15, -0.1) is 0 Å². The molecule has 0 amide bonds. The third-order valence-electron chi connectivity index (χ3n) is 4.98. The van der Waals surface area contributed by atoms with Gasteiger partial charge in [0.15, 0.2) is 0 Å². The number of rotatable bonds is 4. The SMILES string of the molecule is [B]c1cccc(Cn2cc(C(=O)c3ccc(C)c(C)n3)c(=O)c3ccccc32)n1. The van der Waals surface area contributed by atoms with Crippen LogP contribution in [0.25, 0.3) is 10.9 Å². The zero-order chi connectivity index (χ0) is 20.5. The molecule has 140 valence electrons. The molecule has 3 heterocycles. The molecule has 0 aliphatic carbocycles.